The first kappa shape index (κ1) is 33.1. The average Bonchev–Trinajstić information content (AvgIpc) is 3.58. The zero-order valence-electron chi connectivity index (χ0n) is 28.6. The normalized spacial score (nSPS) is 19.0. The van der Waals surface area contributed by atoms with Crippen LogP contribution in [0.1, 0.15) is 133 Å². The SMILES string of the molecule is CC(C)c1cccc(C(C)C)c1N1C=CN(c2c(C(C)C)cccc2C(C)C)[CH]1[Pd]([Cl])[C]1(C(C)(C)C)C=Cc2ccccc21. The molecule has 3 aromatic carbocycles. The van der Waals surface area contributed by atoms with Crippen LogP contribution in [0.25, 0.3) is 6.08 Å². The van der Waals surface area contributed by atoms with Crippen LogP contribution in [0, 0.1) is 5.41 Å². The Bertz CT molecular complexity index is 1430. The number of anilines is 2. The predicted octanol–water partition coefficient (Wildman–Crippen LogP) is 12.0. The second-order valence-corrected chi connectivity index (χ2v) is 19.3. The fourth-order valence-electron chi connectivity index (χ4n) is 6.92. The van der Waals surface area contributed by atoms with E-state index in [9.17, 15) is 0 Å². The molecule has 3 aromatic rings. The first-order chi connectivity index (χ1) is 20.7. The minimum absolute atomic E-state index is 0.0347. The van der Waals surface area contributed by atoms with Crippen LogP contribution < -0.4 is 9.80 Å². The molecule has 0 bridgehead atoms. The number of benzene rings is 3. The summed E-state index contributed by atoms with van der Waals surface area (Å²) in [4.78, 5) is 5.17. The second-order valence-electron chi connectivity index (χ2n) is 14.6. The third kappa shape index (κ3) is 5.42. The van der Waals surface area contributed by atoms with E-state index in [4.69, 9.17) is 9.53 Å². The predicted molar refractivity (Wildman–Crippen MR) is 190 cm³/mol. The van der Waals surface area contributed by atoms with Crippen molar-refractivity contribution in [1.29, 1.82) is 0 Å². The Kier molecular flexibility index (Phi) is 9.37. The standard InChI is InChI=1S/C27H37N2.C13H15.ClH.Pd/c1-18(2)22-11-9-12-23(19(3)4)26(22)28-15-16-29(17-28)27-24(20(5)6)13-10-14-25(27)21(7)8;1-13(2,3)12-9-8-10-6-4-5-7-11(10)12;;/h9-21H,1-8H3;4-9H,1-3H3;1H;/q;;;+1/p-1. The van der Waals surface area contributed by atoms with Gasteiger partial charge >= 0.3 is 279 Å². The van der Waals surface area contributed by atoms with Gasteiger partial charge in [-0.15, -0.1) is 0 Å². The molecule has 1 aliphatic heterocycles. The van der Waals surface area contributed by atoms with Crippen molar-refractivity contribution in [2.75, 3.05) is 9.80 Å². The van der Waals surface area contributed by atoms with Crippen molar-refractivity contribution in [2.24, 2.45) is 5.41 Å². The second kappa shape index (κ2) is 12.5. The number of fused-ring (bicyclic) bond motifs is 1. The average molecular weight is 703 g/mol. The van der Waals surface area contributed by atoms with Crippen LogP contribution in [0.3, 0.4) is 0 Å². The van der Waals surface area contributed by atoms with Gasteiger partial charge in [0.15, 0.2) is 0 Å². The monoisotopic (exact) mass is 701 g/mol. The van der Waals surface area contributed by atoms with Crippen LogP contribution in [-0.2, 0) is 19.6 Å². The molecule has 0 spiro atoms. The number of allylic oxidation sites excluding steroid dienone is 1. The zero-order chi connectivity index (χ0) is 32.1. The first-order valence-corrected chi connectivity index (χ1v) is 19.9. The van der Waals surface area contributed by atoms with Crippen molar-refractivity contribution < 1.29 is 15.7 Å². The molecule has 4 heteroatoms. The summed E-state index contributed by atoms with van der Waals surface area (Å²) in [6.07, 6.45) is 9.49. The Morgan fingerprint density at radius 3 is 1.43 bits per heavy atom. The Morgan fingerprint density at radius 2 is 1.05 bits per heavy atom. The summed E-state index contributed by atoms with van der Waals surface area (Å²) < 4.78 is -0.313. The molecule has 0 fully saturated rings. The molecule has 1 unspecified atom stereocenters. The van der Waals surface area contributed by atoms with Gasteiger partial charge in [-0.1, -0.05) is 0 Å². The fourth-order valence-corrected chi connectivity index (χ4v) is 13.7. The number of halogens is 1. The molecule has 0 saturated carbocycles. The van der Waals surface area contributed by atoms with Gasteiger partial charge in [-0.05, 0) is 0 Å². The molecule has 0 saturated heterocycles. The molecule has 2 nitrogen and oxygen atoms in total. The van der Waals surface area contributed by atoms with Gasteiger partial charge in [0.05, 0.1) is 0 Å². The molecule has 1 heterocycles. The third-order valence-corrected chi connectivity index (χ3v) is 15.7. The summed E-state index contributed by atoms with van der Waals surface area (Å²) in [7, 11) is 8.32. The minimum atomic E-state index is -1.97. The Morgan fingerprint density at radius 1 is 0.636 bits per heavy atom. The van der Waals surface area contributed by atoms with Gasteiger partial charge in [-0.3, -0.25) is 0 Å². The number of para-hydroxylation sites is 2. The van der Waals surface area contributed by atoms with E-state index in [1.807, 2.05) is 0 Å². The number of nitrogens with zero attached hydrogens (tertiary/aromatic N) is 2. The summed E-state index contributed by atoms with van der Waals surface area (Å²) in [5.41, 5.74) is 10.8. The van der Waals surface area contributed by atoms with E-state index >= 15 is 0 Å². The molecular formula is C40H52ClN2Pd. The van der Waals surface area contributed by atoms with Gasteiger partial charge < -0.3 is 0 Å². The fraction of sp³-hybridized carbons (Fsp3) is 0.450. The molecule has 2 aliphatic rings. The van der Waals surface area contributed by atoms with E-state index in [-0.39, 0.29) is 13.9 Å². The van der Waals surface area contributed by atoms with Crippen molar-refractivity contribution in [3.63, 3.8) is 0 Å². The Balaban J connectivity index is 1.83. The van der Waals surface area contributed by atoms with Crippen LogP contribution in [0.15, 0.2) is 79.1 Å². The summed E-state index contributed by atoms with van der Waals surface area (Å²) in [5, 5.41) is 0. The van der Waals surface area contributed by atoms with Crippen molar-refractivity contribution in [2.45, 2.75) is 108 Å². The quantitative estimate of drug-likeness (QED) is 0.216. The summed E-state index contributed by atoms with van der Waals surface area (Å²) in [6, 6.07) is 22.7. The van der Waals surface area contributed by atoms with E-state index in [1.165, 1.54) is 44.8 Å². The van der Waals surface area contributed by atoms with Gasteiger partial charge in [-0.2, -0.15) is 0 Å². The zero-order valence-corrected chi connectivity index (χ0v) is 30.9. The van der Waals surface area contributed by atoms with E-state index < -0.39 is 15.7 Å². The molecule has 0 radical (unpaired) electrons. The molecule has 5 rings (SSSR count). The molecule has 0 N–H and O–H groups in total. The van der Waals surface area contributed by atoms with Crippen LogP contribution in [0.4, 0.5) is 11.4 Å². The van der Waals surface area contributed by atoms with Gasteiger partial charge in [0.1, 0.15) is 0 Å². The summed E-state index contributed by atoms with van der Waals surface area (Å²) in [6.45, 7) is 25.7. The molecular weight excluding hydrogens is 650 g/mol. The molecule has 0 aromatic heterocycles. The van der Waals surface area contributed by atoms with Gasteiger partial charge in [-0.25, -0.2) is 0 Å². The Labute approximate surface area is 277 Å². The number of hydrogen-bond donors (Lipinski definition) is 0. The summed E-state index contributed by atoms with van der Waals surface area (Å²) in [5.74, 6) is 1.55. The molecule has 1 atom stereocenters. The van der Waals surface area contributed by atoms with E-state index in [0.717, 1.165) is 0 Å². The molecule has 239 valence electrons. The van der Waals surface area contributed by atoms with E-state index in [2.05, 4.69) is 171 Å². The topological polar surface area (TPSA) is 6.48 Å². The van der Waals surface area contributed by atoms with E-state index in [1.54, 1.807) is 0 Å². The van der Waals surface area contributed by atoms with Crippen LogP contribution in [-0.4, -0.2) is 4.64 Å². The maximum atomic E-state index is 8.32. The maximum absolute atomic E-state index is 8.32. The third-order valence-electron chi connectivity index (χ3n) is 9.26. The molecule has 0 amide bonds. The van der Waals surface area contributed by atoms with Gasteiger partial charge in [0.25, 0.3) is 0 Å². The summed E-state index contributed by atoms with van der Waals surface area (Å²) >= 11 is -1.97. The van der Waals surface area contributed by atoms with Crippen molar-refractivity contribution in [3.8, 4) is 0 Å². The van der Waals surface area contributed by atoms with E-state index in [0.29, 0.717) is 23.7 Å². The van der Waals surface area contributed by atoms with Crippen LogP contribution in [0.5, 0.6) is 0 Å². The molecule has 1 aliphatic carbocycles. The number of rotatable bonds is 8. The Hall–Kier alpha value is -2.31. The molecule has 44 heavy (non-hydrogen) atoms. The number of hydrogen-bond acceptors (Lipinski definition) is 2. The van der Waals surface area contributed by atoms with Gasteiger partial charge in [0, 0.05) is 0 Å². The van der Waals surface area contributed by atoms with Crippen molar-refractivity contribution >= 4 is 27.0 Å². The first-order valence-electron chi connectivity index (χ1n) is 16.3. The van der Waals surface area contributed by atoms with Crippen LogP contribution in [0.2, 0.25) is 0 Å². The van der Waals surface area contributed by atoms with Gasteiger partial charge in [0.2, 0.25) is 0 Å². The van der Waals surface area contributed by atoms with Crippen molar-refractivity contribution in [1.82, 2.24) is 0 Å². The van der Waals surface area contributed by atoms with Crippen molar-refractivity contribution in [3.05, 3.63) is 113 Å². The van der Waals surface area contributed by atoms with Crippen LogP contribution >= 0.6 is 9.53 Å².